The first-order valence-electron chi connectivity index (χ1n) is 25.8. The van der Waals surface area contributed by atoms with Crippen molar-refractivity contribution < 1.29 is 55.2 Å². The number of aliphatic hydroxyl groups is 7. The highest BCUT2D eigenvalue weighted by atomic mass is 33.1. The Morgan fingerprint density at radius 2 is 1.75 bits per heavy atom. The predicted octanol–water partition coefficient (Wildman–Crippen LogP) is 6.70. The zero-order chi connectivity index (χ0) is 48.3. The van der Waals surface area contributed by atoms with Crippen molar-refractivity contribution >= 4 is 39.0 Å². The smallest absolute Gasteiger partial charge is 0.234 e. The second-order valence-corrected chi connectivity index (χ2v) is 26.2. The van der Waals surface area contributed by atoms with Crippen molar-refractivity contribution in [1.29, 1.82) is 0 Å². The van der Waals surface area contributed by atoms with Crippen molar-refractivity contribution in [3.05, 3.63) is 35.4 Å². The van der Waals surface area contributed by atoms with Gasteiger partial charge in [-0.05, 0) is 154 Å². The molecular formula is C53H79NO11S2. The average Bonchev–Trinajstić information content (AvgIpc) is 3.97. The van der Waals surface area contributed by atoms with Crippen LogP contribution in [0.4, 0.5) is 5.69 Å². The molecule has 6 fully saturated rings. The molecule has 67 heavy (non-hydrogen) atoms. The number of allylic oxidation sites excluding steroid dienone is 1. The standard InChI is InChI=1S/C53H79NO11S2/c1-7-8-9-11-33-25-54-36-20-32(21-37(57)22-36)14-17-49-18-15-38-39(52(49,64)19-16-40(49)48(6,62)44-43(65-44)31(4)30(2)3)23-41(58)51(24-42(59)50(63,29-56)28-47(38,51)5)46(61)67-66-27-35-13-10-12-34(26-55)53(33,35)45(54)60/h20-23,30-31,33-35,38,40,42-44,46,55-57,59,61-64H,7-19,24-29H2,1-6H3. The van der Waals surface area contributed by atoms with Gasteiger partial charge >= 0.3 is 0 Å². The third-order valence-electron chi connectivity index (χ3n) is 20.5. The van der Waals surface area contributed by atoms with E-state index in [4.69, 9.17) is 4.74 Å². The number of amides is 1. The van der Waals surface area contributed by atoms with Crippen molar-refractivity contribution in [3.63, 3.8) is 0 Å². The molecule has 1 amide bonds. The SMILES string of the molecule is CCCCCC1CN2C(=O)C13C(CO)CCCC3CSSC(O)C13CC(O)C(O)(CO)CC1(C)C1CCC4(CCc5cc(O)cc2c5)C(C(C)(O)C2OC2C(C)C(C)C)CCC4(O)C1=CC3=O. The number of ether oxygens (including phenoxy) is 1. The fourth-order valence-electron chi connectivity index (χ4n) is 16.6. The quantitative estimate of drug-likeness (QED) is 0.0698. The largest absolute Gasteiger partial charge is 0.508 e. The highest BCUT2D eigenvalue weighted by molar-refractivity contribution is 8.76. The molecule has 0 aromatic heterocycles. The second kappa shape index (κ2) is 17.8. The number of anilines is 1. The number of ketones is 1. The lowest BCUT2D eigenvalue weighted by Crippen LogP contribution is -2.71. The number of fused-ring (bicyclic) bond motifs is 2. The van der Waals surface area contributed by atoms with Crippen LogP contribution >= 0.6 is 21.6 Å². The summed E-state index contributed by atoms with van der Waals surface area (Å²) in [5, 5.41) is 96.7. The van der Waals surface area contributed by atoms with E-state index < -0.39 is 80.3 Å². The summed E-state index contributed by atoms with van der Waals surface area (Å²) >= 11 is 0. The van der Waals surface area contributed by atoms with Gasteiger partial charge in [-0.1, -0.05) is 81.9 Å². The van der Waals surface area contributed by atoms with Gasteiger partial charge in [-0.3, -0.25) is 9.59 Å². The monoisotopic (exact) mass is 970 g/mol. The van der Waals surface area contributed by atoms with Crippen LogP contribution in [0.15, 0.2) is 29.8 Å². The lowest BCUT2D eigenvalue weighted by atomic mass is 9.39. The molecule has 1 aromatic carbocycles. The van der Waals surface area contributed by atoms with E-state index in [1.165, 1.54) is 10.8 Å². The maximum absolute atomic E-state index is 15.6. The molecule has 4 saturated carbocycles. The minimum absolute atomic E-state index is 0.0264. The number of phenols is 1. The first kappa shape index (κ1) is 50.2. The Hall–Kier alpha value is -1.72. The molecule has 374 valence electrons. The van der Waals surface area contributed by atoms with E-state index in [0.29, 0.717) is 68.0 Å². The van der Waals surface area contributed by atoms with Crippen LogP contribution in [-0.4, -0.2) is 119 Å². The number of aliphatic hydroxyl groups excluding tert-OH is 4. The molecule has 1 aromatic rings. The number of phenolic OH excluding ortho intramolecular Hbond substituents is 1. The van der Waals surface area contributed by atoms with Crippen molar-refractivity contribution in [2.24, 2.45) is 63.1 Å². The molecule has 14 heteroatoms. The van der Waals surface area contributed by atoms with Gasteiger partial charge in [0.1, 0.15) is 22.9 Å². The summed E-state index contributed by atoms with van der Waals surface area (Å²) in [6.07, 6.45) is 7.33. The lowest BCUT2D eigenvalue weighted by molar-refractivity contribution is -0.231. The molecule has 0 radical (unpaired) electrons. The van der Waals surface area contributed by atoms with Crippen molar-refractivity contribution in [2.45, 2.75) is 178 Å². The van der Waals surface area contributed by atoms with Gasteiger partial charge in [0.05, 0.1) is 40.8 Å². The molecular weight excluding hydrogens is 891 g/mol. The van der Waals surface area contributed by atoms with Gasteiger partial charge in [0.15, 0.2) is 5.78 Å². The van der Waals surface area contributed by atoms with Crippen LogP contribution in [0.5, 0.6) is 5.75 Å². The van der Waals surface area contributed by atoms with Gasteiger partial charge in [-0.2, -0.15) is 0 Å². The van der Waals surface area contributed by atoms with Crippen LogP contribution in [0, 0.1) is 63.1 Å². The summed E-state index contributed by atoms with van der Waals surface area (Å²) in [7, 11) is 2.58. The summed E-state index contributed by atoms with van der Waals surface area (Å²) in [5.74, 6) is -1.01. The zero-order valence-electron chi connectivity index (χ0n) is 40.7. The molecule has 10 aliphatic rings. The lowest BCUT2D eigenvalue weighted by Gasteiger charge is -2.66. The Morgan fingerprint density at radius 3 is 2.45 bits per heavy atom. The van der Waals surface area contributed by atoms with Crippen molar-refractivity contribution in [2.75, 3.05) is 30.4 Å². The predicted molar refractivity (Wildman–Crippen MR) is 260 cm³/mol. The molecule has 12 nitrogen and oxygen atoms in total. The Kier molecular flexibility index (Phi) is 13.3. The molecule has 17 unspecified atom stereocenters. The van der Waals surface area contributed by atoms with Gasteiger partial charge in [0.2, 0.25) is 5.91 Å². The van der Waals surface area contributed by atoms with E-state index in [2.05, 4.69) is 27.7 Å². The molecule has 5 aliphatic carbocycles. The fraction of sp³-hybridized carbons (Fsp3) is 0.811. The van der Waals surface area contributed by atoms with E-state index in [0.717, 1.165) is 54.9 Å². The fourth-order valence-corrected chi connectivity index (χ4v) is 19.6. The number of rotatable bonds is 10. The Bertz CT molecular complexity index is 2100. The number of unbranched alkanes of at least 4 members (excludes halogenated alkanes) is 2. The number of hydrogen-bond donors (Lipinski definition) is 8. The molecule has 3 spiro atoms. The van der Waals surface area contributed by atoms with E-state index in [-0.39, 0.29) is 67.3 Å². The highest BCUT2D eigenvalue weighted by Crippen LogP contribution is 2.74. The number of aromatic hydroxyl groups is 1. The van der Waals surface area contributed by atoms with Gasteiger partial charge < -0.3 is 50.5 Å². The van der Waals surface area contributed by atoms with E-state index in [9.17, 15) is 40.9 Å². The molecule has 11 rings (SSSR count). The van der Waals surface area contributed by atoms with Crippen molar-refractivity contribution in [1.82, 2.24) is 0 Å². The van der Waals surface area contributed by atoms with Crippen LogP contribution in [0.2, 0.25) is 0 Å². The van der Waals surface area contributed by atoms with Gasteiger partial charge in [-0.15, -0.1) is 0 Å². The maximum atomic E-state index is 15.6. The van der Waals surface area contributed by atoms with Crippen LogP contribution in [0.1, 0.15) is 137 Å². The number of benzene rings is 1. The van der Waals surface area contributed by atoms with Crippen LogP contribution < -0.4 is 4.90 Å². The number of nitrogens with zero attached hydrogens (tertiary/aromatic N) is 1. The van der Waals surface area contributed by atoms with E-state index >= 15 is 9.59 Å². The maximum Gasteiger partial charge on any atom is 0.234 e. The second-order valence-electron chi connectivity index (χ2n) is 23.7. The topological polar surface area (TPSA) is 212 Å². The normalized spacial score (nSPS) is 45.4. The summed E-state index contributed by atoms with van der Waals surface area (Å²) in [5.41, 5.74) is -9.13. The summed E-state index contributed by atoms with van der Waals surface area (Å²) in [4.78, 5) is 32.9. The van der Waals surface area contributed by atoms with Crippen molar-refractivity contribution in [3.8, 4) is 5.75 Å². The average molecular weight is 970 g/mol. The highest BCUT2D eigenvalue weighted by Gasteiger charge is 2.76. The number of hydrogen-bond acceptors (Lipinski definition) is 13. The third-order valence-corrected chi connectivity index (χ3v) is 23.1. The van der Waals surface area contributed by atoms with Gasteiger partial charge in [-0.25, -0.2) is 0 Å². The van der Waals surface area contributed by atoms with Crippen LogP contribution in [0.25, 0.3) is 0 Å². The molecule has 8 N–H and O–H groups in total. The molecule has 5 aliphatic heterocycles. The number of carbonyl (C=O) groups excluding carboxylic acids is 2. The summed E-state index contributed by atoms with van der Waals surface area (Å²) in [6, 6.07) is 5.39. The first-order chi connectivity index (χ1) is 31.7. The number of carbonyl (C=O) groups is 2. The summed E-state index contributed by atoms with van der Waals surface area (Å²) < 4.78 is 6.37. The Balaban J connectivity index is 1.22. The minimum atomic E-state index is -1.97. The number of epoxide rings is 1. The van der Waals surface area contributed by atoms with E-state index in [1.807, 2.05) is 24.8 Å². The van der Waals surface area contributed by atoms with Gasteiger partial charge in [0.25, 0.3) is 0 Å². The van der Waals surface area contributed by atoms with Crippen LogP contribution in [0.3, 0.4) is 0 Å². The third kappa shape index (κ3) is 7.26. The zero-order valence-corrected chi connectivity index (χ0v) is 42.3. The Labute approximate surface area is 405 Å². The Morgan fingerprint density at radius 1 is 0.985 bits per heavy atom. The molecule has 2 saturated heterocycles. The molecule has 5 heterocycles. The molecule has 17 atom stereocenters. The number of aryl methyl sites for hydroxylation is 1. The first-order valence-corrected chi connectivity index (χ1v) is 28.1. The molecule has 8 bridgehead atoms. The minimum Gasteiger partial charge on any atom is -0.508 e. The van der Waals surface area contributed by atoms with Gasteiger partial charge in [0, 0.05) is 36.1 Å². The summed E-state index contributed by atoms with van der Waals surface area (Å²) in [6.45, 7) is 11.9. The van der Waals surface area contributed by atoms with E-state index in [1.54, 1.807) is 18.2 Å². The van der Waals surface area contributed by atoms with Crippen LogP contribution in [-0.2, 0) is 20.7 Å².